The summed E-state index contributed by atoms with van der Waals surface area (Å²) in [5.41, 5.74) is 0.925. The number of amides is 1. The second kappa shape index (κ2) is 5.24. The fourth-order valence-electron chi connectivity index (χ4n) is 2.28. The molecule has 1 aliphatic rings. The molecule has 0 radical (unpaired) electrons. The van der Waals surface area contributed by atoms with Gasteiger partial charge in [0.15, 0.2) is 0 Å². The van der Waals surface area contributed by atoms with E-state index in [1.165, 1.54) is 11.0 Å². The Balaban J connectivity index is 2.03. The lowest BCUT2D eigenvalue weighted by Gasteiger charge is -2.17. The molecular formula is C15H8BrClFNO2. The van der Waals surface area contributed by atoms with Gasteiger partial charge in [-0.05, 0) is 24.3 Å². The van der Waals surface area contributed by atoms with E-state index in [2.05, 4.69) is 15.9 Å². The molecule has 3 nitrogen and oxygen atoms in total. The fraction of sp³-hybridized carbons (Fsp3) is 0.0667. The first kappa shape index (κ1) is 14.2. The first-order valence-electron chi connectivity index (χ1n) is 6.07. The summed E-state index contributed by atoms with van der Waals surface area (Å²) in [4.78, 5) is 25.3. The van der Waals surface area contributed by atoms with Crippen LogP contribution in [-0.2, 0) is 11.3 Å². The van der Waals surface area contributed by atoms with Gasteiger partial charge in [-0.25, -0.2) is 4.39 Å². The zero-order valence-corrected chi connectivity index (χ0v) is 12.9. The van der Waals surface area contributed by atoms with Gasteiger partial charge in [0, 0.05) is 10.0 Å². The highest BCUT2D eigenvalue weighted by Crippen LogP contribution is 2.35. The highest BCUT2D eigenvalue weighted by molar-refractivity contribution is 9.10. The quantitative estimate of drug-likeness (QED) is 0.752. The van der Waals surface area contributed by atoms with E-state index in [1.807, 2.05) is 0 Å². The van der Waals surface area contributed by atoms with Crippen molar-refractivity contribution < 1.29 is 14.0 Å². The highest BCUT2D eigenvalue weighted by atomic mass is 79.9. The van der Waals surface area contributed by atoms with Gasteiger partial charge in [0.2, 0.25) is 0 Å². The molecule has 3 rings (SSSR count). The zero-order chi connectivity index (χ0) is 15.1. The molecule has 106 valence electrons. The molecule has 2 aromatic rings. The predicted octanol–water partition coefficient (Wildman–Crippen LogP) is 3.97. The lowest BCUT2D eigenvalue weighted by molar-refractivity contribution is -0.114. The summed E-state index contributed by atoms with van der Waals surface area (Å²) in [6, 6.07) is 9.39. The zero-order valence-electron chi connectivity index (χ0n) is 10.6. The minimum absolute atomic E-state index is 0.0168. The van der Waals surface area contributed by atoms with Crippen LogP contribution in [0.25, 0.3) is 0 Å². The Hall–Kier alpha value is -1.72. The summed E-state index contributed by atoms with van der Waals surface area (Å²) in [6.07, 6.45) is 0. The van der Waals surface area contributed by atoms with Crippen molar-refractivity contribution in [3.63, 3.8) is 0 Å². The Labute approximate surface area is 133 Å². The third-order valence-corrected chi connectivity index (χ3v) is 4.10. The second-order valence-corrected chi connectivity index (χ2v) is 5.91. The number of ketones is 1. The Morgan fingerprint density at radius 1 is 1.19 bits per heavy atom. The lowest BCUT2D eigenvalue weighted by Crippen LogP contribution is -2.29. The van der Waals surface area contributed by atoms with Gasteiger partial charge in [-0.3, -0.25) is 9.59 Å². The molecule has 0 bridgehead atoms. The molecule has 0 saturated heterocycles. The number of carbonyl (C=O) groups excluding carboxylic acids is 2. The van der Waals surface area contributed by atoms with E-state index in [-0.39, 0.29) is 17.1 Å². The Bertz CT molecular complexity index is 778. The standard InChI is InChI=1S/C15H8BrClFNO2/c16-9-5-4-8(11(18)6-9)7-19-12-3-1-2-10(17)13(12)14(20)15(19)21/h1-6H,7H2. The van der Waals surface area contributed by atoms with Gasteiger partial charge in [0.25, 0.3) is 11.7 Å². The predicted molar refractivity (Wildman–Crippen MR) is 81.1 cm³/mol. The molecule has 0 saturated carbocycles. The maximum absolute atomic E-state index is 13.9. The Kier molecular flexibility index (Phi) is 3.55. The van der Waals surface area contributed by atoms with Crippen LogP contribution in [0.15, 0.2) is 40.9 Å². The molecule has 0 atom stereocenters. The first-order valence-corrected chi connectivity index (χ1v) is 7.25. The lowest BCUT2D eigenvalue weighted by atomic mass is 10.1. The topological polar surface area (TPSA) is 37.4 Å². The third-order valence-electron chi connectivity index (χ3n) is 3.29. The minimum Gasteiger partial charge on any atom is -0.300 e. The Morgan fingerprint density at radius 3 is 2.67 bits per heavy atom. The average Bonchev–Trinajstić information content (AvgIpc) is 2.68. The van der Waals surface area contributed by atoms with Crippen LogP contribution in [0.2, 0.25) is 5.02 Å². The van der Waals surface area contributed by atoms with Crippen LogP contribution in [0.1, 0.15) is 15.9 Å². The van der Waals surface area contributed by atoms with Crippen molar-refractivity contribution in [1.29, 1.82) is 0 Å². The van der Waals surface area contributed by atoms with E-state index < -0.39 is 17.5 Å². The van der Waals surface area contributed by atoms with E-state index in [9.17, 15) is 14.0 Å². The van der Waals surface area contributed by atoms with Gasteiger partial charge in [-0.15, -0.1) is 0 Å². The van der Waals surface area contributed by atoms with Gasteiger partial charge in [-0.1, -0.05) is 39.7 Å². The summed E-state index contributed by atoms with van der Waals surface area (Å²) >= 11 is 9.14. The molecular weight excluding hydrogens is 361 g/mol. The molecule has 1 amide bonds. The number of fused-ring (bicyclic) bond motifs is 1. The molecule has 0 unspecified atom stereocenters. The number of nitrogens with zero attached hydrogens (tertiary/aromatic N) is 1. The van der Waals surface area contributed by atoms with Crippen molar-refractivity contribution in [2.45, 2.75) is 6.54 Å². The van der Waals surface area contributed by atoms with E-state index >= 15 is 0 Å². The van der Waals surface area contributed by atoms with Crippen molar-refractivity contribution in [1.82, 2.24) is 0 Å². The summed E-state index contributed by atoms with van der Waals surface area (Å²) in [6.45, 7) is -0.0168. The van der Waals surface area contributed by atoms with Crippen molar-refractivity contribution in [3.8, 4) is 0 Å². The van der Waals surface area contributed by atoms with E-state index in [0.29, 0.717) is 15.7 Å². The van der Waals surface area contributed by atoms with Gasteiger partial charge in [0.1, 0.15) is 5.82 Å². The number of anilines is 1. The highest BCUT2D eigenvalue weighted by Gasteiger charge is 2.37. The Morgan fingerprint density at radius 2 is 1.95 bits per heavy atom. The molecule has 21 heavy (non-hydrogen) atoms. The molecule has 2 aromatic carbocycles. The number of halogens is 3. The van der Waals surface area contributed by atoms with Crippen LogP contribution in [0.4, 0.5) is 10.1 Å². The summed E-state index contributed by atoms with van der Waals surface area (Å²) in [5.74, 6) is -1.80. The molecule has 0 N–H and O–H groups in total. The second-order valence-electron chi connectivity index (χ2n) is 4.59. The van der Waals surface area contributed by atoms with Crippen LogP contribution in [0, 0.1) is 5.82 Å². The van der Waals surface area contributed by atoms with Crippen LogP contribution in [0.3, 0.4) is 0 Å². The number of carbonyl (C=O) groups is 2. The van der Waals surface area contributed by atoms with Gasteiger partial charge in [0.05, 0.1) is 22.8 Å². The maximum atomic E-state index is 13.9. The maximum Gasteiger partial charge on any atom is 0.299 e. The largest absolute Gasteiger partial charge is 0.300 e. The van der Waals surface area contributed by atoms with Crippen molar-refractivity contribution in [3.05, 3.63) is 62.8 Å². The summed E-state index contributed by atoms with van der Waals surface area (Å²) < 4.78 is 14.5. The summed E-state index contributed by atoms with van der Waals surface area (Å²) in [7, 11) is 0. The monoisotopic (exact) mass is 367 g/mol. The number of hydrogen-bond acceptors (Lipinski definition) is 2. The molecule has 1 aliphatic heterocycles. The normalized spacial score (nSPS) is 13.8. The van der Waals surface area contributed by atoms with Crippen LogP contribution < -0.4 is 4.90 Å². The van der Waals surface area contributed by atoms with Gasteiger partial charge < -0.3 is 4.90 Å². The van der Waals surface area contributed by atoms with Gasteiger partial charge in [-0.2, -0.15) is 0 Å². The first-order chi connectivity index (χ1) is 9.99. The molecule has 0 aliphatic carbocycles. The minimum atomic E-state index is -0.694. The van der Waals surface area contributed by atoms with E-state index in [0.717, 1.165) is 0 Å². The fourth-order valence-corrected chi connectivity index (χ4v) is 2.87. The molecule has 0 fully saturated rings. The molecule has 0 spiro atoms. The van der Waals surface area contributed by atoms with Crippen molar-refractivity contribution in [2.24, 2.45) is 0 Å². The molecule has 0 aromatic heterocycles. The van der Waals surface area contributed by atoms with Crippen molar-refractivity contribution in [2.75, 3.05) is 4.90 Å². The smallest absolute Gasteiger partial charge is 0.299 e. The molecule has 1 heterocycles. The number of hydrogen-bond donors (Lipinski definition) is 0. The van der Waals surface area contributed by atoms with Crippen molar-refractivity contribution >= 4 is 44.9 Å². The van der Waals surface area contributed by atoms with E-state index in [4.69, 9.17) is 11.6 Å². The van der Waals surface area contributed by atoms with Crippen LogP contribution in [-0.4, -0.2) is 11.7 Å². The average molecular weight is 369 g/mol. The number of Topliss-reactive ketones (excluding diaryl/α,β-unsaturated/α-hetero) is 1. The number of rotatable bonds is 2. The third kappa shape index (κ3) is 2.36. The SMILES string of the molecule is O=C1C(=O)N(Cc2ccc(Br)cc2F)c2cccc(Cl)c21. The van der Waals surface area contributed by atoms with Crippen LogP contribution in [0.5, 0.6) is 0 Å². The molecule has 6 heteroatoms. The number of benzene rings is 2. The van der Waals surface area contributed by atoms with Crippen LogP contribution >= 0.6 is 27.5 Å². The summed E-state index contributed by atoms with van der Waals surface area (Å²) in [5, 5.41) is 0.227. The van der Waals surface area contributed by atoms with E-state index in [1.54, 1.807) is 30.3 Å². The van der Waals surface area contributed by atoms with Gasteiger partial charge >= 0.3 is 0 Å².